The molecule has 0 amide bonds. The third kappa shape index (κ3) is 6.97. The molecule has 0 unspecified atom stereocenters. The predicted octanol–water partition coefficient (Wildman–Crippen LogP) is 11.5. The molecule has 0 N–H and O–H groups in total. The van der Waals surface area contributed by atoms with E-state index in [1.807, 2.05) is 60.7 Å². The van der Waals surface area contributed by atoms with E-state index in [9.17, 15) is 0 Å². The van der Waals surface area contributed by atoms with E-state index < -0.39 is 0 Å². The van der Waals surface area contributed by atoms with Crippen LogP contribution in [0.4, 0.5) is 0 Å². The summed E-state index contributed by atoms with van der Waals surface area (Å²) in [5.41, 5.74) is 10.4. The Morgan fingerprint density at radius 1 is 0.278 bits per heavy atom. The quantitative estimate of drug-likeness (QED) is 0.157. The molecule has 6 nitrogen and oxygen atoms in total. The van der Waals surface area contributed by atoms with Crippen LogP contribution in [0.3, 0.4) is 0 Å². The van der Waals surface area contributed by atoms with E-state index in [-0.39, 0.29) is 0 Å². The molecular formula is C48H36N6. The van der Waals surface area contributed by atoms with Gasteiger partial charge in [-0.3, -0.25) is 0 Å². The van der Waals surface area contributed by atoms with Gasteiger partial charge in [-0.25, -0.2) is 29.9 Å². The van der Waals surface area contributed by atoms with Crippen molar-refractivity contribution in [2.75, 3.05) is 0 Å². The summed E-state index contributed by atoms with van der Waals surface area (Å²) in [6.07, 6.45) is 17.0. The predicted molar refractivity (Wildman–Crippen MR) is 219 cm³/mol. The van der Waals surface area contributed by atoms with Gasteiger partial charge in [-0.05, 0) is 47.9 Å². The Morgan fingerprint density at radius 2 is 0.593 bits per heavy atom. The summed E-state index contributed by atoms with van der Waals surface area (Å²) in [5, 5.41) is 0. The fourth-order valence-electron chi connectivity index (χ4n) is 6.84. The highest BCUT2D eigenvalue weighted by Gasteiger charge is 2.16. The van der Waals surface area contributed by atoms with Gasteiger partial charge in [-0.1, -0.05) is 170 Å². The lowest BCUT2D eigenvalue weighted by Gasteiger charge is -2.13. The van der Waals surface area contributed by atoms with Crippen molar-refractivity contribution in [3.63, 3.8) is 0 Å². The molecule has 0 atom stereocenters. The third-order valence-corrected chi connectivity index (χ3v) is 9.68. The Labute approximate surface area is 315 Å². The normalized spacial score (nSPS) is 13.7. The third-order valence-electron chi connectivity index (χ3n) is 9.68. The monoisotopic (exact) mass is 696 g/mol. The first-order valence-corrected chi connectivity index (χ1v) is 18.4. The summed E-state index contributed by atoms with van der Waals surface area (Å²) >= 11 is 0. The summed E-state index contributed by atoms with van der Waals surface area (Å²) in [7, 11) is 0. The summed E-state index contributed by atoms with van der Waals surface area (Å²) < 4.78 is 0. The van der Waals surface area contributed by atoms with Gasteiger partial charge in [0.25, 0.3) is 0 Å². The van der Waals surface area contributed by atoms with E-state index in [0.717, 1.165) is 81.3 Å². The van der Waals surface area contributed by atoms with Crippen LogP contribution in [0.25, 0.3) is 79.0 Å². The van der Waals surface area contributed by atoms with E-state index in [4.69, 9.17) is 29.9 Å². The lowest BCUT2D eigenvalue weighted by Crippen LogP contribution is -2.03. The molecule has 0 saturated heterocycles. The molecule has 54 heavy (non-hydrogen) atoms. The van der Waals surface area contributed by atoms with Crippen molar-refractivity contribution >= 4 is 11.1 Å². The zero-order chi connectivity index (χ0) is 36.1. The molecule has 2 aliphatic carbocycles. The summed E-state index contributed by atoms with van der Waals surface area (Å²) in [6, 6.07) is 45.7. The topological polar surface area (TPSA) is 77.3 Å². The Morgan fingerprint density at radius 3 is 0.944 bits per heavy atom. The molecule has 7 aromatic rings. The van der Waals surface area contributed by atoms with E-state index in [2.05, 4.69) is 109 Å². The number of hydrogen-bond acceptors (Lipinski definition) is 6. The first kappa shape index (κ1) is 33.0. The number of benzene rings is 5. The Balaban J connectivity index is 1.04. The largest absolute Gasteiger partial charge is 0.208 e. The minimum Gasteiger partial charge on any atom is -0.208 e. The Kier molecular flexibility index (Phi) is 9.14. The molecule has 258 valence electrons. The first-order valence-electron chi connectivity index (χ1n) is 18.4. The fourth-order valence-corrected chi connectivity index (χ4v) is 6.84. The van der Waals surface area contributed by atoms with Crippen molar-refractivity contribution in [1.29, 1.82) is 0 Å². The van der Waals surface area contributed by atoms with Gasteiger partial charge in [0.1, 0.15) is 0 Å². The van der Waals surface area contributed by atoms with Gasteiger partial charge in [0.15, 0.2) is 34.9 Å². The zero-order valence-electron chi connectivity index (χ0n) is 29.7. The van der Waals surface area contributed by atoms with Crippen LogP contribution in [0.5, 0.6) is 0 Å². The number of rotatable bonds is 8. The number of allylic oxidation sites excluding steroid dienone is 8. The molecule has 6 heteroatoms. The minimum absolute atomic E-state index is 0.655. The van der Waals surface area contributed by atoms with Gasteiger partial charge >= 0.3 is 0 Å². The number of aromatic nitrogens is 6. The molecule has 2 aliphatic rings. The highest BCUT2D eigenvalue weighted by atomic mass is 15.0. The van der Waals surface area contributed by atoms with E-state index in [1.165, 1.54) is 0 Å². The Bertz CT molecular complexity index is 2390. The molecule has 2 heterocycles. The van der Waals surface area contributed by atoms with Crippen molar-refractivity contribution in [1.82, 2.24) is 29.9 Å². The van der Waals surface area contributed by atoms with E-state index in [1.54, 1.807) is 0 Å². The van der Waals surface area contributed by atoms with Crippen LogP contribution in [-0.2, 0) is 0 Å². The van der Waals surface area contributed by atoms with Crippen molar-refractivity contribution < 1.29 is 0 Å². The summed E-state index contributed by atoms with van der Waals surface area (Å²) in [6.45, 7) is 0. The molecule has 0 saturated carbocycles. The lowest BCUT2D eigenvalue weighted by molar-refractivity contribution is 1.01. The SMILES string of the molecule is C1=CC(c2nc(-c3ccccc3)nc(-c3ccc(-c4ccccc4-c4ccc(-c5nc(C6=CCCC=C6)nc(-c6ccccc6)n5)cc4)cc3)n2)=CCC1. The highest BCUT2D eigenvalue weighted by molar-refractivity contribution is 5.85. The van der Waals surface area contributed by atoms with Crippen LogP contribution >= 0.6 is 0 Å². The molecule has 0 spiro atoms. The van der Waals surface area contributed by atoms with Crippen LogP contribution in [0.15, 0.2) is 170 Å². The molecule has 5 aromatic carbocycles. The number of nitrogens with zero attached hydrogens (tertiary/aromatic N) is 6. The zero-order valence-corrected chi connectivity index (χ0v) is 29.7. The maximum absolute atomic E-state index is 4.95. The van der Waals surface area contributed by atoms with Gasteiger partial charge in [-0.15, -0.1) is 0 Å². The van der Waals surface area contributed by atoms with Crippen molar-refractivity contribution in [3.05, 3.63) is 182 Å². The second kappa shape index (κ2) is 15.0. The van der Waals surface area contributed by atoms with Crippen molar-refractivity contribution in [2.45, 2.75) is 25.7 Å². The van der Waals surface area contributed by atoms with Gasteiger partial charge in [0, 0.05) is 33.4 Å². The molecule has 0 bridgehead atoms. The fraction of sp³-hybridized carbons (Fsp3) is 0.0833. The molecule has 9 rings (SSSR count). The second-order valence-corrected chi connectivity index (χ2v) is 13.3. The van der Waals surface area contributed by atoms with Crippen molar-refractivity contribution in [2.24, 2.45) is 0 Å². The van der Waals surface area contributed by atoms with Gasteiger partial charge < -0.3 is 0 Å². The smallest absolute Gasteiger partial charge is 0.164 e. The van der Waals surface area contributed by atoms with Crippen molar-refractivity contribution in [3.8, 4) is 67.8 Å². The standard InChI is InChI=1S/C48H36N6/c1-5-15-35(16-6-1)43-49-44(36-17-7-2-8-18-36)52-47(51-43)39-29-25-33(26-30-39)41-23-13-14-24-42(41)34-27-31-40(32-28-34)48-53-45(37-19-9-3-10-20-37)50-46(54-48)38-21-11-4-12-22-38/h1,3,5-7,9-11,13-32H,2,4,8,12H2. The molecule has 0 radical (unpaired) electrons. The van der Waals surface area contributed by atoms with E-state index >= 15 is 0 Å². The average molecular weight is 697 g/mol. The van der Waals surface area contributed by atoms with Gasteiger partial charge in [0.2, 0.25) is 0 Å². The second-order valence-electron chi connectivity index (χ2n) is 13.3. The lowest BCUT2D eigenvalue weighted by atomic mass is 9.93. The van der Waals surface area contributed by atoms with Crippen LogP contribution in [0.1, 0.15) is 37.3 Å². The van der Waals surface area contributed by atoms with Gasteiger partial charge in [0.05, 0.1) is 0 Å². The Hall–Kier alpha value is -6.92. The van der Waals surface area contributed by atoms with Gasteiger partial charge in [-0.2, -0.15) is 0 Å². The van der Waals surface area contributed by atoms with Crippen LogP contribution in [-0.4, -0.2) is 29.9 Å². The highest BCUT2D eigenvalue weighted by Crippen LogP contribution is 2.35. The minimum atomic E-state index is 0.655. The molecular weight excluding hydrogens is 661 g/mol. The van der Waals surface area contributed by atoms with E-state index in [0.29, 0.717) is 34.9 Å². The molecule has 0 fully saturated rings. The maximum atomic E-state index is 4.95. The summed E-state index contributed by atoms with van der Waals surface area (Å²) in [5.74, 6) is 4.03. The van der Waals surface area contributed by atoms with Crippen LogP contribution in [0.2, 0.25) is 0 Å². The number of hydrogen-bond donors (Lipinski definition) is 0. The first-order chi connectivity index (χ1) is 26.7. The maximum Gasteiger partial charge on any atom is 0.164 e. The average Bonchev–Trinajstić information content (AvgIpc) is 3.27. The molecule has 2 aromatic heterocycles. The molecule has 0 aliphatic heterocycles. The van der Waals surface area contributed by atoms with Crippen LogP contribution in [0, 0.1) is 0 Å². The van der Waals surface area contributed by atoms with Crippen LogP contribution < -0.4 is 0 Å². The summed E-state index contributed by atoms with van der Waals surface area (Å²) in [4.78, 5) is 29.5.